The number of fused-ring (bicyclic) bond motifs is 1. The highest BCUT2D eigenvalue weighted by Crippen LogP contribution is 2.14. The first-order valence-corrected chi connectivity index (χ1v) is 5.35. The van der Waals surface area contributed by atoms with Gasteiger partial charge in [-0.1, -0.05) is 18.2 Å². The van der Waals surface area contributed by atoms with E-state index < -0.39 is 6.04 Å². The highest BCUT2D eigenvalue weighted by molar-refractivity contribution is 5.98. The van der Waals surface area contributed by atoms with Crippen molar-refractivity contribution in [2.75, 3.05) is 13.2 Å². The Labute approximate surface area is 98.1 Å². The van der Waals surface area contributed by atoms with Crippen LogP contribution in [0, 0.1) is 0 Å². The lowest BCUT2D eigenvalue weighted by Crippen LogP contribution is -2.40. The number of para-hydroxylation sites is 1. The lowest BCUT2D eigenvalue weighted by Gasteiger charge is -2.11. The second kappa shape index (κ2) is 4.99. The van der Waals surface area contributed by atoms with E-state index in [9.17, 15) is 4.79 Å². The number of aromatic nitrogens is 1. The molecule has 1 amide bonds. The molecule has 2 aromatic rings. The molecule has 0 bridgehead atoms. The van der Waals surface area contributed by atoms with Gasteiger partial charge in [0.1, 0.15) is 5.69 Å². The molecule has 0 saturated heterocycles. The Balaban J connectivity index is 2.19. The zero-order valence-corrected chi connectivity index (χ0v) is 9.18. The highest BCUT2D eigenvalue weighted by atomic mass is 16.3. The van der Waals surface area contributed by atoms with Crippen molar-refractivity contribution in [1.82, 2.24) is 10.3 Å². The first kappa shape index (κ1) is 11.6. The van der Waals surface area contributed by atoms with E-state index in [1.807, 2.05) is 24.3 Å². The van der Waals surface area contributed by atoms with Crippen molar-refractivity contribution >= 4 is 16.8 Å². The number of nitrogens with one attached hydrogen (secondary N) is 2. The maximum Gasteiger partial charge on any atom is 0.268 e. The fourth-order valence-corrected chi connectivity index (χ4v) is 1.61. The number of aliphatic hydroxyl groups is 2. The van der Waals surface area contributed by atoms with Gasteiger partial charge in [0, 0.05) is 10.9 Å². The Morgan fingerprint density at radius 2 is 2.00 bits per heavy atom. The third-order valence-electron chi connectivity index (χ3n) is 2.55. The Bertz CT molecular complexity index is 484. The first-order chi connectivity index (χ1) is 8.24. The molecule has 17 heavy (non-hydrogen) atoms. The number of benzene rings is 1. The summed E-state index contributed by atoms with van der Waals surface area (Å²) in [5.74, 6) is -0.339. The number of carbonyl (C=O) groups is 1. The minimum Gasteiger partial charge on any atom is -0.394 e. The Morgan fingerprint density at radius 1 is 1.29 bits per heavy atom. The van der Waals surface area contributed by atoms with E-state index in [2.05, 4.69) is 10.3 Å². The molecular formula is C12H14N2O3. The fraction of sp³-hybridized carbons (Fsp3) is 0.250. The molecule has 0 aliphatic rings. The lowest BCUT2D eigenvalue weighted by molar-refractivity contribution is 0.0875. The van der Waals surface area contributed by atoms with Gasteiger partial charge >= 0.3 is 0 Å². The van der Waals surface area contributed by atoms with Gasteiger partial charge in [0.2, 0.25) is 0 Å². The molecule has 0 unspecified atom stereocenters. The third-order valence-corrected chi connectivity index (χ3v) is 2.55. The van der Waals surface area contributed by atoms with Gasteiger partial charge in [-0.3, -0.25) is 4.79 Å². The van der Waals surface area contributed by atoms with Crippen molar-refractivity contribution in [3.05, 3.63) is 36.0 Å². The highest BCUT2D eigenvalue weighted by Gasteiger charge is 2.13. The number of aromatic amines is 1. The number of amides is 1. The molecule has 0 spiro atoms. The molecule has 0 aliphatic carbocycles. The van der Waals surface area contributed by atoms with Crippen LogP contribution in [-0.4, -0.2) is 40.4 Å². The number of hydrogen-bond donors (Lipinski definition) is 4. The SMILES string of the molecule is O=C(NC(CO)CO)c1cc2ccccc2[nH]1. The van der Waals surface area contributed by atoms with Crippen LogP contribution in [0.25, 0.3) is 10.9 Å². The van der Waals surface area contributed by atoms with Gasteiger partial charge < -0.3 is 20.5 Å². The zero-order valence-electron chi connectivity index (χ0n) is 9.18. The van der Waals surface area contributed by atoms with Crippen LogP contribution in [0.2, 0.25) is 0 Å². The molecule has 4 N–H and O–H groups in total. The summed E-state index contributed by atoms with van der Waals surface area (Å²) in [7, 11) is 0. The summed E-state index contributed by atoms with van der Waals surface area (Å²) in [5, 5.41) is 21.2. The minimum atomic E-state index is -0.631. The van der Waals surface area contributed by atoms with E-state index in [1.165, 1.54) is 0 Å². The van der Waals surface area contributed by atoms with E-state index in [0.29, 0.717) is 5.69 Å². The molecule has 0 aliphatic heterocycles. The molecule has 5 heteroatoms. The van der Waals surface area contributed by atoms with Crippen molar-refractivity contribution in [1.29, 1.82) is 0 Å². The summed E-state index contributed by atoms with van der Waals surface area (Å²) in [6.07, 6.45) is 0. The van der Waals surface area contributed by atoms with E-state index in [-0.39, 0.29) is 19.1 Å². The maximum atomic E-state index is 11.8. The van der Waals surface area contributed by atoms with Crippen LogP contribution in [0.1, 0.15) is 10.5 Å². The molecule has 5 nitrogen and oxygen atoms in total. The topological polar surface area (TPSA) is 85.3 Å². The van der Waals surface area contributed by atoms with Gasteiger partial charge in [-0.05, 0) is 12.1 Å². The Hall–Kier alpha value is -1.85. The number of rotatable bonds is 4. The predicted molar refractivity (Wildman–Crippen MR) is 63.7 cm³/mol. The monoisotopic (exact) mass is 234 g/mol. The average Bonchev–Trinajstić information content (AvgIpc) is 2.79. The van der Waals surface area contributed by atoms with Crippen LogP contribution in [0.15, 0.2) is 30.3 Å². The van der Waals surface area contributed by atoms with E-state index in [1.54, 1.807) is 6.07 Å². The molecule has 1 aromatic heterocycles. The maximum absolute atomic E-state index is 11.8. The van der Waals surface area contributed by atoms with Crippen LogP contribution >= 0.6 is 0 Å². The molecule has 0 saturated carbocycles. The number of hydrogen-bond acceptors (Lipinski definition) is 3. The summed E-state index contributed by atoms with van der Waals surface area (Å²) >= 11 is 0. The van der Waals surface area contributed by atoms with Crippen molar-refractivity contribution < 1.29 is 15.0 Å². The van der Waals surface area contributed by atoms with Gasteiger partial charge in [0.15, 0.2) is 0 Å². The quantitative estimate of drug-likeness (QED) is 0.611. The predicted octanol–water partition coefficient (Wildman–Crippen LogP) is 0.251. The van der Waals surface area contributed by atoms with E-state index in [0.717, 1.165) is 10.9 Å². The summed E-state index contributed by atoms with van der Waals surface area (Å²) in [6, 6.07) is 8.65. The van der Waals surface area contributed by atoms with E-state index >= 15 is 0 Å². The summed E-state index contributed by atoms with van der Waals surface area (Å²) in [6.45, 7) is -0.578. The van der Waals surface area contributed by atoms with Crippen molar-refractivity contribution in [3.63, 3.8) is 0 Å². The second-order valence-electron chi connectivity index (χ2n) is 3.81. The minimum absolute atomic E-state index is 0.289. The molecular weight excluding hydrogens is 220 g/mol. The van der Waals surface area contributed by atoms with Crippen molar-refractivity contribution in [3.8, 4) is 0 Å². The number of aliphatic hydroxyl groups excluding tert-OH is 2. The average molecular weight is 234 g/mol. The Kier molecular flexibility index (Phi) is 3.41. The molecule has 2 rings (SSSR count). The van der Waals surface area contributed by atoms with Gasteiger partial charge in [-0.2, -0.15) is 0 Å². The molecule has 0 fully saturated rings. The van der Waals surface area contributed by atoms with Crippen molar-refractivity contribution in [2.24, 2.45) is 0 Å². The molecule has 0 radical (unpaired) electrons. The van der Waals surface area contributed by atoms with Gasteiger partial charge in [-0.25, -0.2) is 0 Å². The molecule has 0 atom stereocenters. The molecule has 1 heterocycles. The van der Waals surface area contributed by atoms with E-state index in [4.69, 9.17) is 10.2 Å². The zero-order chi connectivity index (χ0) is 12.3. The van der Waals surface area contributed by atoms with Crippen molar-refractivity contribution in [2.45, 2.75) is 6.04 Å². The second-order valence-corrected chi connectivity index (χ2v) is 3.81. The molecule has 90 valence electrons. The number of carbonyl (C=O) groups excluding carboxylic acids is 1. The summed E-state index contributed by atoms with van der Waals surface area (Å²) in [4.78, 5) is 14.8. The fourth-order valence-electron chi connectivity index (χ4n) is 1.61. The van der Waals surface area contributed by atoms with Crippen LogP contribution in [0.3, 0.4) is 0 Å². The van der Waals surface area contributed by atoms with Crippen LogP contribution in [-0.2, 0) is 0 Å². The third kappa shape index (κ3) is 2.46. The van der Waals surface area contributed by atoms with Crippen LogP contribution < -0.4 is 5.32 Å². The van der Waals surface area contributed by atoms with Gasteiger partial charge in [0.25, 0.3) is 5.91 Å². The number of H-pyrrole nitrogens is 1. The summed E-state index contributed by atoms with van der Waals surface area (Å²) in [5.41, 5.74) is 1.29. The van der Waals surface area contributed by atoms with Gasteiger partial charge in [-0.15, -0.1) is 0 Å². The van der Waals surface area contributed by atoms with Gasteiger partial charge in [0.05, 0.1) is 19.3 Å². The molecule has 1 aromatic carbocycles. The van der Waals surface area contributed by atoms with Crippen LogP contribution in [0.5, 0.6) is 0 Å². The standard InChI is InChI=1S/C12H14N2O3/c15-6-9(7-16)13-12(17)11-5-8-3-1-2-4-10(8)14-11/h1-5,9,14-16H,6-7H2,(H,13,17). The lowest BCUT2D eigenvalue weighted by atomic mass is 10.2. The Morgan fingerprint density at radius 3 is 2.65 bits per heavy atom. The largest absolute Gasteiger partial charge is 0.394 e. The van der Waals surface area contributed by atoms with Crippen LogP contribution in [0.4, 0.5) is 0 Å². The smallest absolute Gasteiger partial charge is 0.268 e. The first-order valence-electron chi connectivity index (χ1n) is 5.35. The normalized spacial score (nSPS) is 11.0. The summed E-state index contributed by atoms with van der Waals surface area (Å²) < 4.78 is 0.